The number of amides is 1. The summed E-state index contributed by atoms with van der Waals surface area (Å²) < 4.78 is 11.4. The normalized spacial score (nSPS) is 12.6. The molecule has 0 saturated heterocycles. The van der Waals surface area contributed by atoms with Crippen LogP contribution in [0.15, 0.2) is 53.0 Å². The summed E-state index contributed by atoms with van der Waals surface area (Å²) in [6.07, 6.45) is 3.25. The number of rotatable bonds is 3. The number of carbonyl (C=O) groups is 1. The lowest BCUT2D eigenvalue weighted by atomic mass is 10.2. The van der Waals surface area contributed by atoms with Gasteiger partial charge in [-0.05, 0) is 29.8 Å². The maximum Gasteiger partial charge on any atom is 0.248 e. The molecule has 3 rings (SSSR count). The van der Waals surface area contributed by atoms with Crippen LogP contribution in [-0.2, 0) is 4.79 Å². The number of carbonyl (C=O) groups excluding carboxylic acids is 1. The third kappa shape index (κ3) is 3.25. The topological polar surface area (TPSA) is 47.6 Å². The minimum atomic E-state index is -0.204. The van der Waals surface area contributed by atoms with Gasteiger partial charge in [-0.15, -0.1) is 0 Å². The number of fused-ring (bicyclic) bond motifs is 1. The summed E-state index contributed by atoms with van der Waals surface area (Å²) in [7, 11) is 0. The van der Waals surface area contributed by atoms with Gasteiger partial charge in [0.1, 0.15) is 0 Å². The maximum absolute atomic E-state index is 11.9. The summed E-state index contributed by atoms with van der Waals surface area (Å²) in [5.41, 5.74) is 1.61. The molecule has 21 heavy (non-hydrogen) atoms. The van der Waals surface area contributed by atoms with Crippen molar-refractivity contribution in [3.63, 3.8) is 0 Å². The lowest BCUT2D eigenvalue weighted by Crippen LogP contribution is -2.07. The Morgan fingerprint density at radius 2 is 1.95 bits per heavy atom. The van der Waals surface area contributed by atoms with E-state index in [0.29, 0.717) is 17.2 Å². The predicted molar refractivity (Wildman–Crippen MR) is 84.4 cm³/mol. The molecule has 2 aromatic rings. The van der Waals surface area contributed by atoms with Crippen LogP contribution in [0.1, 0.15) is 5.56 Å². The molecule has 1 amide bonds. The van der Waals surface area contributed by atoms with E-state index in [1.165, 1.54) is 6.08 Å². The van der Waals surface area contributed by atoms with Gasteiger partial charge in [0, 0.05) is 22.3 Å². The predicted octanol–water partition coefficient (Wildman–Crippen LogP) is 3.83. The quantitative estimate of drug-likeness (QED) is 0.860. The van der Waals surface area contributed by atoms with Gasteiger partial charge in [0.25, 0.3) is 0 Å². The highest BCUT2D eigenvalue weighted by molar-refractivity contribution is 9.10. The first kappa shape index (κ1) is 13.7. The fourth-order valence-corrected chi connectivity index (χ4v) is 2.35. The molecule has 106 valence electrons. The summed E-state index contributed by atoms with van der Waals surface area (Å²) in [4.78, 5) is 11.9. The summed E-state index contributed by atoms with van der Waals surface area (Å²) in [6, 6.07) is 13.0. The first-order chi connectivity index (χ1) is 10.2. The van der Waals surface area contributed by atoms with Crippen LogP contribution in [0.25, 0.3) is 6.08 Å². The fourth-order valence-electron chi connectivity index (χ4n) is 1.93. The van der Waals surface area contributed by atoms with Gasteiger partial charge >= 0.3 is 0 Å². The molecule has 0 radical (unpaired) electrons. The first-order valence-corrected chi connectivity index (χ1v) is 7.15. The van der Waals surface area contributed by atoms with Crippen molar-refractivity contribution in [3.8, 4) is 11.5 Å². The van der Waals surface area contributed by atoms with Crippen molar-refractivity contribution in [1.29, 1.82) is 0 Å². The largest absolute Gasteiger partial charge is 0.454 e. The van der Waals surface area contributed by atoms with Crippen molar-refractivity contribution < 1.29 is 14.3 Å². The van der Waals surface area contributed by atoms with Gasteiger partial charge in [-0.3, -0.25) is 4.79 Å². The molecule has 0 atom stereocenters. The summed E-state index contributed by atoms with van der Waals surface area (Å²) in [5, 5.41) is 2.78. The van der Waals surface area contributed by atoms with E-state index in [1.807, 2.05) is 24.3 Å². The van der Waals surface area contributed by atoms with Crippen LogP contribution in [0.4, 0.5) is 5.69 Å². The third-order valence-corrected chi connectivity index (χ3v) is 3.68. The van der Waals surface area contributed by atoms with E-state index in [0.717, 1.165) is 10.0 Å². The highest BCUT2D eigenvalue weighted by Gasteiger charge is 2.13. The Labute approximate surface area is 130 Å². The maximum atomic E-state index is 11.9. The van der Waals surface area contributed by atoms with Crippen LogP contribution in [0.5, 0.6) is 11.5 Å². The summed E-state index contributed by atoms with van der Waals surface area (Å²) in [5.74, 6) is 1.13. The Kier molecular flexibility index (Phi) is 3.92. The van der Waals surface area contributed by atoms with Crippen LogP contribution < -0.4 is 14.8 Å². The SMILES string of the molecule is O=C(/C=C/c1ccccc1Br)Nc1ccc2c(c1)OCO2. The van der Waals surface area contributed by atoms with Crippen LogP contribution in [0.2, 0.25) is 0 Å². The molecule has 0 spiro atoms. The Morgan fingerprint density at radius 1 is 1.14 bits per heavy atom. The zero-order chi connectivity index (χ0) is 14.7. The number of halogens is 1. The van der Waals surface area contributed by atoms with E-state index in [1.54, 1.807) is 24.3 Å². The van der Waals surface area contributed by atoms with Gasteiger partial charge in [0.05, 0.1) is 0 Å². The second-order valence-corrected chi connectivity index (χ2v) is 5.27. The summed E-state index contributed by atoms with van der Waals surface area (Å²) in [6.45, 7) is 0.217. The molecule has 4 nitrogen and oxygen atoms in total. The van der Waals surface area contributed by atoms with Crippen molar-refractivity contribution in [2.24, 2.45) is 0 Å². The van der Waals surface area contributed by atoms with Gasteiger partial charge in [-0.1, -0.05) is 34.1 Å². The van der Waals surface area contributed by atoms with Gasteiger partial charge in [-0.2, -0.15) is 0 Å². The van der Waals surface area contributed by atoms with Crippen molar-refractivity contribution in [2.45, 2.75) is 0 Å². The molecule has 1 N–H and O–H groups in total. The molecule has 5 heteroatoms. The summed E-state index contributed by atoms with van der Waals surface area (Å²) >= 11 is 3.43. The van der Waals surface area contributed by atoms with E-state index in [2.05, 4.69) is 21.2 Å². The second kappa shape index (κ2) is 6.01. The van der Waals surface area contributed by atoms with Gasteiger partial charge in [0.15, 0.2) is 11.5 Å². The molecule has 0 aromatic heterocycles. The second-order valence-electron chi connectivity index (χ2n) is 4.41. The number of hydrogen-bond acceptors (Lipinski definition) is 3. The number of hydrogen-bond donors (Lipinski definition) is 1. The van der Waals surface area contributed by atoms with Crippen molar-refractivity contribution >= 4 is 33.6 Å². The third-order valence-electron chi connectivity index (χ3n) is 2.96. The molecule has 0 bridgehead atoms. The van der Waals surface area contributed by atoms with E-state index in [4.69, 9.17) is 9.47 Å². The number of benzene rings is 2. The first-order valence-electron chi connectivity index (χ1n) is 6.35. The molecule has 0 unspecified atom stereocenters. The van der Waals surface area contributed by atoms with E-state index < -0.39 is 0 Å². The van der Waals surface area contributed by atoms with Crippen LogP contribution in [0, 0.1) is 0 Å². The molecule has 1 aliphatic rings. The van der Waals surface area contributed by atoms with Crippen molar-refractivity contribution in [2.75, 3.05) is 12.1 Å². The molecule has 1 heterocycles. The minimum absolute atomic E-state index is 0.204. The monoisotopic (exact) mass is 345 g/mol. The standard InChI is InChI=1S/C16H12BrNO3/c17-13-4-2-1-3-11(13)5-8-16(19)18-12-6-7-14-15(9-12)21-10-20-14/h1-9H,10H2,(H,18,19)/b8-5+. The molecule has 0 aliphatic carbocycles. The Bertz CT molecular complexity index is 712. The molecule has 2 aromatic carbocycles. The molecular weight excluding hydrogens is 334 g/mol. The van der Waals surface area contributed by atoms with E-state index in [9.17, 15) is 4.79 Å². The lowest BCUT2D eigenvalue weighted by Gasteiger charge is -2.03. The van der Waals surface area contributed by atoms with Crippen LogP contribution in [-0.4, -0.2) is 12.7 Å². The Morgan fingerprint density at radius 3 is 2.81 bits per heavy atom. The molecule has 1 aliphatic heterocycles. The highest BCUT2D eigenvalue weighted by Crippen LogP contribution is 2.34. The zero-order valence-electron chi connectivity index (χ0n) is 11.0. The van der Waals surface area contributed by atoms with Crippen molar-refractivity contribution in [1.82, 2.24) is 0 Å². The average molecular weight is 346 g/mol. The van der Waals surface area contributed by atoms with Crippen LogP contribution in [0.3, 0.4) is 0 Å². The van der Waals surface area contributed by atoms with Crippen LogP contribution >= 0.6 is 15.9 Å². The number of anilines is 1. The van der Waals surface area contributed by atoms with E-state index in [-0.39, 0.29) is 12.7 Å². The molecule has 0 saturated carbocycles. The minimum Gasteiger partial charge on any atom is -0.454 e. The van der Waals surface area contributed by atoms with Crippen molar-refractivity contribution in [3.05, 3.63) is 58.6 Å². The lowest BCUT2D eigenvalue weighted by molar-refractivity contribution is -0.111. The average Bonchev–Trinajstić information content (AvgIpc) is 2.94. The molecular formula is C16H12BrNO3. The zero-order valence-corrected chi connectivity index (χ0v) is 12.6. The number of nitrogens with one attached hydrogen (secondary N) is 1. The molecule has 0 fully saturated rings. The van der Waals surface area contributed by atoms with Gasteiger partial charge in [-0.25, -0.2) is 0 Å². The Hall–Kier alpha value is -2.27. The van der Waals surface area contributed by atoms with E-state index >= 15 is 0 Å². The fraction of sp³-hybridized carbons (Fsp3) is 0.0625. The smallest absolute Gasteiger partial charge is 0.248 e. The Balaban J connectivity index is 1.68. The van der Waals surface area contributed by atoms with Gasteiger partial charge in [0.2, 0.25) is 12.7 Å². The van der Waals surface area contributed by atoms with Gasteiger partial charge < -0.3 is 14.8 Å². The number of ether oxygens (including phenoxy) is 2. The highest BCUT2D eigenvalue weighted by atomic mass is 79.9.